The molecule has 0 aromatic heterocycles. The second-order valence-electron chi connectivity index (χ2n) is 32.2. The van der Waals surface area contributed by atoms with Gasteiger partial charge in [0.2, 0.25) is 0 Å². The van der Waals surface area contributed by atoms with Crippen LogP contribution in [0.1, 0.15) is 261 Å². The minimum atomic E-state index is -1.89. The molecule has 0 fully saturated rings. The van der Waals surface area contributed by atoms with E-state index in [9.17, 15) is 0 Å². The smallest absolute Gasteiger partial charge is 0.125 e. The van der Waals surface area contributed by atoms with E-state index >= 15 is 0 Å². The van der Waals surface area contributed by atoms with Gasteiger partial charge in [-0.2, -0.15) is 0 Å². The molecule has 7 rings (SSSR count). The normalized spacial score (nSPS) is 11.4. The van der Waals surface area contributed by atoms with E-state index in [4.69, 9.17) is 0 Å². The molecular weight excluding hydrogens is 1470 g/mol. The largest absolute Gasteiger partial charge is 0.146 e. The Balaban J connectivity index is 1.29. The molecule has 540 valence electrons. The molecule has 0 aliphatic heterocycles. The van der Waals surface area contributed by atoms with Gasteiger partial charge in [-0.1, -0.05) is 261 Å². The molecule has 0 aliphatic rings. The molecule has 0 heterocycles. The molecule has 0 amide bonds. The highest BCUT2D eigenvalue weighted by molar-refractivity contribution is 9.28. The molecule has 0 radical (unpaired) electrons. The molecule has 0 aliphatic carbocycles. The number of rotatable bonds is 13. The fraction of sp³-hybridized carbons (Fsp3) is 0.360. The van der Waals surface area contributed by atoms with Gasteiger partial charge in [0.05, 0.1) is 3.39 Å². The monoisotopic (exact) mass is 1580 g/mol. The van der Waals surface area contributed by atoms with Gasteiger partial charge in [0.25, 0.3) is 0 Å². The van der Waals surface area contributed by atoms with E-state index in [0.29, 0.717) is 66.5 Å². The van der Waals surface area contributed by atoms with Crippen LogP contribution in [0.25, 0.3) is 6.08 Å². The SMILES string of the molecule is CC(C)[Si](C#Cc1ccc(C#Cc2ccc(C#Cc3ccc(C#C[Si](C(C)C)(C(C)C)C(C)C)cc3)c(C#Cc3ccc(C#Cc4cc(C#Cc5ccc(C#C[Si](C(C)C)(C(C)C)C(C)C)cc5)ccc4C#Cc4ccc(C#C[Si](C(C)C)(C(C)C)C(C)C)cc4)c(C=C(Br)Br)c3)c2)cc1)(C(C)C)C(C)C. The average Bonchev–Trinajstić information content (AvgIpc) is 0.809. The quantitative estimate of drug-likeness (QED) is 0.0797. The summed E-state index contributed by atoms with van der Waals surface area (Å²) in [7, 11) is -7.55. The summed E-state index contributed by atoms with van der Waals surface area (Å²) in [6.07, 6.45) is 2.01. The summed E-state index contributed by atoms with van der Waals surface area (Å²) < 4.78 is 0.766. The Morgan fingerprint density at radius 2 is 0.377 bits per heavy atom. The van der Waals surface area contributed by atoms with Gasteiger partial charge in [0.15, 0.2) is 0 Å². The summed E-state index contributed by atoms with van der Waals surface area (Å²) in [5, 5.41) is 0. The van der Waals surface area contributed by atoms with Gasteiger partial charge in [0.1, 0.15) is 32.3 Å². The molecular formula is C100H110Br2Si4. The molecule has 0 spiro atoms. The Morgan fingerprint density at radius 3 is 0.623 bits per heavy atom. The van der Waals surface area contributed by atoms with E-state index in [1.54, 1.807) is 0 Å². The first-order valence-electron chi connectivity index (χ1n) is 38.3. The van der Waals surface area contributed by atoms with Gasteiger partial charge in [-0.3, -0.25) is 0 Å². The van der Waals surface area contributed by atoms with Crippen molar-refractivity contribution >= 4 is 70.2 Å². The van der Waals surface area contributed by atoms with Crippen molar-refractivity contribution in [3.8, 4) is 117 Å². The summed E-state index contributed by atoms with van der Waals surface area (Å²) in [6, 6.07) is 51.8. The zero-order chi connectivity index (χ0) is 77.8. The molecule has 0 nitrogen and oxygen atoms in total. The molecule has 0 atom stereocenters. The van der Waals surface area contributed by atoms with E-state index in [0.717, 1.165) is 98.0 Å². The predicted octanol–water partition coefficient (Wildman–Crippen LogP) is 26.5. The summed E-state index contributed by atoms with van der Waals surface area (Å²) in [6.45, 7) is 56.5. The Morgan fingerprint density at radius 1 is 0.208 bits per heavy atom. The van der Waals surface area contributed by atoms with Crippen LogP contribution in [0.15, 0.2) is 155 Å². The number of hydrogen-bond donors (Lipinski definition) is 0. The predicted molar refractivity (Wildman–Crippen MR) is 479 cm³/mol. The lowest BCUT2D eigenvalue weighted by Gasteiger charge is -2.38. The van der Waals surface area contributed by atoms with E-state index in [-0.39, 0.29) is 0 Å². The summed E-state index contributed by atoms with van der Waals surface area (Å²) >= 11 is 7.36. The highest BCUT2D eigenvalue weighted by atomic mass is 79.9. The minimum Gasteiger partial charge on any atom is -0.125 e. The van der Waals surface area contributed by atoms with Gasteiger partial charge in [-0.05, 0) is 262 Å². The lowest BCUT2D eigenvalue weighted by Crippen LogP contribution is -2.43. The van der Waals surface area contributed by atoms with Gasteiger partial charge < -0.3 is 0 Å². The summed E-state index contributed by atoms with van der Waals surface area (Å²) in [4.78, 5) is 0. The van der Waals surface area contributed by atoms with Gasteiger partial charge in [-0.25, -0.2) is 0 Å². The van der Waals surface area contributed by atoms with Crippen molar-refractivity contribution in [2.24, 2.45) is 0 Å². The standard InChI is InChI=1S/C100H110Br2Si4/c1-71(2)103(72(3)4,73(5)6)63-59-87-33-25-83(26-34-87)41-43-91-47-53-94(51-45-85-29-37-89(38-30-85)61-65-105(77(13)14,78(15)16)79(17)18)97(67-91)56-50-93-49-55-96(99(69-93)70-100(101)102)57-58-98-68-92(44-42-84-27-35-88(36-28-84)60-64-104(74(7)8,75(9)10)76(11)12)48-54-95(98)52-46-86-31-39-90(40-32-86)62-66-106(80(19)20,81(21)22)82(23)24/h25-40,47-49,53-55,67-82H,1-24H3. The maximum atomic E-state index is 3.88. The van der Waals surface area contributed by atoms with Crippen LogP contribution in [0.4, 0.5) is 0 Å². The van der Waals surface area contributed by atoms with Crippen molar-refractivity contribution in [3.63, 3.8) is 0 Å². The van der Waals surface area contributed by atoms with Crippen molar-refractivity contribution in [1.29, 1.82) is 0 Å². The van der Waals surface area contributed by atoms with Crippen LogP contribution < -0.4 is 0 Å². The third-order valence-electron chi connectivity index (χ3n) is 22.1. The first-order chi connectivity index (χ1) is 50.2. The second kappa shape index (κ2) is 38.5. The Hall–Kier alpha value is -8.29. The highest BCUT2D eigenvalue weighted by Crippen LogP contribution is 2.44. The molecule has 0 N–H and O–H groups in total. The molecule has 0 unspecified atom stereocenters. The van der Waals surface area contributed by atoms with Crippen LogP contribution in [0.3, 0.4) is 0 Å². The number of benzene rings is 7. The Labute approximate surface area is 664 Å². The van der Waals surface area contributed by atoms with Crippen molar-refractivity contribution < 1.29 is 0 Å². The molecule has 6 heteroatoms. The van der Waals surface area contributed by atoms with Crippen molar-refractivity contribution in [2.75, 3.05) is 0 Å². The zero-order valence-corrected chi connectivity index (χ0v) is 74.9. The first kappa shape index (κ1) is 85.0. The maximum absolute atomic E-state index is 3.88. The fourth-order valence-electron chi connectivity index (χ4n) is 16.5. The molecule has 106 heavy (non-hydrogen) atoms. The third kappa shape index (κ3) is 21.3. The maximum Gasteiger partial charge on any atom is 0.146 e. The van der Waals surface area contributed by atoms with Crippen molar-refractivity contribution in [1.82, 2.24) is 0 Å². The van der Waals surface area contributed by atoms with Gasteiger partial charge in [0, 0.05) is 89.0 Å². The number of halogens is 2. The average molecular weight is 1580 g/mol. The van der Waals surface area contributed by atoms with Crippen LogP contribution in [-0.4, -0.2) is 32.3 Å². The number of hydrogen-bond acceptors (Lipinski definition) is 0. The Kier molecular flexibility index (Phi) is 30.9. The van der Waals surface area contributed by atoms with Crippen LogP contribution in [0.2, 0.25) is 66.5 Å². The summed E-state index contributed by atoms with van der Waals surface area (Å²) in [5.74, 6) is 56.2. The Bertz CT molecular complexity index is 4890. The van der Waals surface area contributed by atoms with Crippen LogP contribution in [0.5, 0.6) is 0 Å². The van der Waals surface area contributed by atoms with E-state index in [1.165, 1.54) is 0 Å². The second-order valence-corrected chi connectivity index (χ2v) is 57.2. The van der Waals surface area contributed by atoms with Crippen LogP contribution in [0, 0.1) is 117 Å². The van der Waals surface area contributed by atoms with E-state index in [1.807, 2.05) is 54.6 Å². The molecule has 0 bridgehead atoms. The topological polar surface area (TPSA) is 0 Å². The van der Waals surface area contributed by atoms with Gasteiger partial charge >= 0.3 is 0 Å². The molecule has 0 saturated carbocycles. The zero-order valence-electron chi connectivity index (χ0n) is 67.7. The van der Waals surface area contributed by atoms with E-state index < -0.39 is 32.3 Å². The van der Waals surface area contributed by atoms with Crippen LogP contribution >= 0.6 is 31.9 Å². The molecule has 7 aromatic carbocycles. The fourth-order valence-corrected chi connectivity index (χ4v) is 37.9. The molecule has 0 saturated heterocycles. The minimum absolute atomic E-state index is 0.557. The first-order valence-corrected chi connectivity index (χ1v) is 48.8. The summed E-state index contributed by atoms with van der Waals surface area (Å²) in [5.41, 5.74) is 37.2. The molecule has 7 aromatic rings. The third-order valence-corrected chi connectivity index (χ3v) is 47.7. The van der Waals surface area contributed by atoms with E-state index in [2.05, 4.69) is 418 Å². The lowest BCUT2D eigenvalue weighted by atomic mass is 10.0. The van der Waals surface area contributed by atoms with Crippen molar-refractivity contribution in [3.05, 3.63) is 250 Å². The van der Waals surface area contributed by atoms with Gasteiger partial charge in [-0.15, -0.1) is 22.2 Å². The van der Waals surface area contributed by atoms with Crippen molar-refractivity contribution in [2.45, 2.75) is 233 Å². The van der Waals surface area contributed by atoms with Crippen LogP contribution in [-0.2, 0) is 0 Å². The highest BCUT2D eigenvalue weighted by Gasteiger charge is 2.44. The lowest BCUT2D eigenvalue weighted by molar-refractivity contribution is 0.838.